The van der Waals surface area contributed by atoms with E-state index in [0.29, 0.717) is 5.02 Å². The Kier molecular flexibility index (Phi) is 6.00. The number of amides is 1. The van der Waals surface area contributed by atoms with Gasteiger partial charge in [-0.15, -0.1) is 0 Å². The lowest BCUT2D eigenvalue weighted by molar-refractivity contribution is -0.120. The molecule has 0 bridgehead atoms. The number of carbonyl (C=O) groups is 1. The van der Waals surface area contributed by atoms with E-state index >= 15 is 0 Å². The van der Waals surface area contributed by atoms with Gasteiger partial charge >= 0.3 is 0 Å². The maximum atomic E-state index is 12.7. The fourth-order valence-corrected chi connectivity index (χ4v) is 3.91. The van der Waals surface area contributed by atoms with Gasteiger partial charge in [0.15, 0.2) is 5.82 Å². The highest BCUT2D eigenvalue weighted by molar-refractivity contribution is 6.31. The van der Waals surface area contributed by atoms with Crippen LogP contribution in [-0.4, -0.2) is 29.0 Å². The maximum Gasteiger partial charge on any atom is 0.227 e. The van der Waals surface area contributed by atoms with Crippen LogP contribution in [0.4, 0.5) is 11.5 Å². The summed E-state index contributed by atoms with van der Waals surface area (Å²) in [7, 11) is 0. The minimum atomic E-state index is -0.0144. The summed E-state index contributed by atoms with van der Waals surface area (Å²) in [6.45, 7) is 5.59. The van der Waals surface area contributed by atoms with Gasteiger partial charge in [0.25, 0.3) is 0 Å². The van der Waals surface area contributed by atoms with Crippen LogP contribution in [0, 0.1) is 19.8 Å². The second-order valence-corrected chi connectivity index (χ2v) is 8.23. The van der Waals surface area contributed by atoms with Crippen LogP contribution in [0.2, 0.25) is 5.02 Å². The summed E-state index contributed by atoms with van der Waals surface area (Å²) in [6, 6.07) is 15.8. The molecule has 2 heterocycles. The molecule has 0 radical (unpaired) electrons. The number of hydrogen-bond acceptors (Lipinski definition) is 4. The molecule has 0 saturated carbocycles. The average Bonchev–Trinajstić information content (AvgIpc) is 2.76. The molecule has 1 saturated heterocycles. The molecule has 1 aliphatic rings. The van der Waals surface area contributed by atoms with Crippen LogP contribution in [-0.2, 0) is 4.79 Å². The number of nitrogens with one attached hydrogen (secondary N) is 1. The van der Waals surface area contributed by atoms with Gasteiger partial charge in [0.1, 0.15) is 5.82 Å². The zero-order valence-electron chi connectivity index (χ0n) is 17.2. The van der Waals surface area contributed by atoms with Crippen molar-refractivity contribution in [3.63, 3.8) is 0 Å². The van der Waals surface area contributed by atoms with Crippen molar-refractivity contribution in [3.05, 3.63) is 70.9 Å². The molecule has 1 amide bonds. The van der Waals surface area contributed by atoms with Gasteiger partial charge in [0, 0.05) is 41.5 Å². The van der Waals surface area contributed by atoms with Gasteiger partial charge in [0.05, 0.1) is 0 Å². The molecular weight excluding hydrogens is 396 g/mol. The van der Waals surface area contributed by atoms with E-state index in [0.717, 1.165) is 54.4 Å². The summed E-state index contributed by atoms with van der Waals surface area (Å²) in [5.74, 6) is 1.68. The van der Waals surface area contributed by atoms with Crippen LogP contribution >= 0.6 is 11.6 Å². The quantitative estimate of drug-likeness (QED) is 0.624. The Bertz CT molecular complexity index is 1060. The summed E-state index contributed by atoms with van der Waals surface area (Å²) in [4.78, 5) is 24.1. The van der Waals surface area contributed by atoms with Gasteiger partial charge in [-0.05, 0) is 56.5 Å². The second-order valence-electron chi connectivity index (χ2n) is 7.82. The van der Waals surface area contributed by atoms with E-state index in [1.165, 1.54) is 5.56 Å². The van der Waals surface area contributed by atoms with Crippen molar-refractivity contribution in [1.82, 2.24) is 9.97 Å². The van der Waals surface area contributed by atoms with E-state index in [9.17, 15) is 4.79 Å². The molecule has 4 rings (SSSR count). The van der Waals surface area contributed by atoms with Gasteiger partial charge in [-0.1, -0.05) is 41.4 Å². The minimum Gasteiger partial charge on any atom is -0.356 e. The van der Waals surface area contributed by atoms with E-state index in [1.54, 1.807) is 12.3 Å². The number of anilines is 2. The Morgan fingerprint density at radius 3 is 2.63 bits per heavy atom. The van der Waals surface area contributed by atoms with Crippen LogP contribution in [0.3, 0.4) is 0 Å². The van der Waals surface area contributed by atoms with Crippen LogP contribution in [0.15, 0.2) is 54.7 Å². The van der Waals surface area contributed by atoms with Crippen molar-refractivity contribution in [2.75, 3.05) is 23.3 Å². The summed E-state index contributed by atoms with van der Waals surface area (Å²) < 4.78 is 0. The fraction of sp³-hybridized carbons (Fsp3) is 0.292. The summed E-state index contributed by atoms with van der Waals surface area (Å²) in [5, 5.41) is 3.67. The maximum absolute atomic E-state index is 12.7. The third kappa shape index (κ3) is 4.62. The second kappa shape index (κ2) is 8.84. The number of nitrogens with zero attached hydrogens (tertiary/aromatic N) is 3. The Hall–Kier alpha value is -2.92. The Morgan fingerprint density at radius 2 is 1.90 bits per heavy atom. The third-order valence-corrected chi connectivity index (χ3v) is 5.95. The predicted octanol–water partition coefficient (Wildman–Crippen LogP) is 5.27. The smallest absolute Gasteiger partial charge is 0.227 e. The molecular formula is C24H25ClN4O. The van der Waals surface area contributed by atoms with Crippen molar-refractivity contribution in [1.29, 1.82) is 0 Å². The largest absolute Gasteiger partial charge is 0.356 e. The molecule has 1 fully saturated rings. The van der Waals surface area contributed by atoms with E-state index in [1.807, 2.05) is 37.3 Å². The van der Waals surface area contributed by atoms with Crippen molar-refractivity contribution < 1.29 is 4.79 Å². The first-order valence-corrected chi connectivity index (χ1v) is 10.6. The van der Waals surface area contributed by atoms with Crippen LogP contribution in [0.1, 0.15) is 24.0 Å². The predicted molar refractivity (Wildman–Crippen MR) is 122 cm³/mol. The zero-order valence-corrected chi connectivity index (χ0v) is 18.0. The summed E-state index contributed by atoms with van der Waals surface area (Å²) in [5.41, 5.74) is 3.94. The van der Waals surface area contributed by atoms with Gasteiger partial charge in [-0.3, -0.25) is 4.79 Å². The molecule has 6 heteroatoms. The molecule has 0 atom stereocenters. The highest BCUT2D eigenvalue weighted by Gasteiger charge is 2.26. The lowest BCUT2D eigenvalue weighted by Crippen LogP contribution is -2.38. The van der Waals surface area contributed by atoms with E-state index in [2.05, 4.69) is 34.3 Å². The van der Waals surface area contributed by atoms with Crippen LogP contribution in [0.5, 0.6) is 0 Å². The summed E-state index contributed by atoms with van der Waals surface area (Å²) in [6.07, 6.45) is 3.38. The number of rotatable bonds is 4. The topological polar surface area (TPSA) is 58.1 Å². The van der Waals surface area contributed by atoms with Crippen LogP contribution in [0.25, 0.3) is 11.4 Å². The standard InChI is InChI=1S/C24H25ClN4O/c1-16-4-3-5-19(14-16)23-26-11-8-22(28-23)29-12-9-18(10-13-29)24(30)27-20-7-6-17(2)21(25)15-20/h3-8,11,14-15,18H,9-10,12-13H2,1-2H3,(H,27,30). The molecule has 2 aromatic carbocycles. The van der Waals surface area contributed by atoms with Crippen molar-refractivity contribution in [3.8, 4) is 11.4 Å². The first kappa shape index (κ1) is 20.4. The van der Waals surface area contributed by atoms with Crippen LogP contribution < -0.4 is 10.2 Å². The molecule has 1 aromatic heterocycles. The van der Waals surface area contributed by atoms with Gasteiger partial charge < -0.3 is 10.2 Å². The molecule has 1 aliphatic heterocycles. The first-order chi connectivity index (χ1) is 14.5. The minimum absolute atomic E-state index is 0.0144. The molecule has 0 unspecified atom stereocenters. The number of aryl methyl sites for hydroxylation is 2. The van der Waals surface area contributed by atoms with E-state index < -0.39 is 0 Å². The molecule has 1 N–H and O–H groups in total. The fourth-order valence-electron chi connectivity index (χ4n) is 3.73. The number of piperidine rings is 1. The van der Waals surface area contributed by atoms with Crippen molar-refractivity contribution in [2.45, 2.75) is 26.7 Å². The Balaban J connectivity index is 1.39. The first-order valence-electron chi connectivity index (χ1n) is 10.2. The number of halogens is 1. The SMILES string of the molecule is Cc1cccc(-c2nccc(N3CCC(C(=O)Nc4ccc(C)c(Cl)c4)CC3)n2)c1. The molecule has 154 valence electrons. The van der Waals surface area contributed by atoms with Crippen molar-refractivity contribution in [2.24, 2.45) is 5.92 Å². The number of hydrogen-bond donors (Lipinski definition) is 1. The van der Waals surface area contributed by atoms with Gasteiger partial charge in [-0.25, -0.2) is 9.97 Å². The molecule has 3 aromatic rings. The lowest BCUT2D eigenvalue weighted by atomic mass is 9.95. The van der Waals surface area contributed by atoms with E-state index in [4.69, 9.17) is 16.6 Å². The number of carbonyl (C=O) groups excluding carboxylic acids is 1. The highest BCUT2D eigenvalue weighted by atomic mass is 35.5. The number of aromatic nitrogens is 2. The molecule has 5 nitrogen and oxygen atoms in total. The monoisotopic (exact) mass is 420 g/mol. The average molecular weight is 421 g/mol. The molecule has 0 aliphatic carbocycles. The third-order valence-electron chi connectivity index (χ3n) is 5.55. The summed E-state index contributed by atoms with van der Waals surface area (Å²) >= 11 is 6.17. The van der Waals surface area contributed by atoms with E-state index in [-0.39, 0.29) is 11.8 Å². The Morgan fingerprint density at radius 1 is 1.10 bits per heavy atom. The normalized spacial score (nSPS) is 14.6. The van der Waals surface area contributed by atoms with Gasteiger partial charge in [0.2, 0.25) is 5.91 Å². The molecule has 0 spiro atoms. The number of benzene rings is 2. The lowest BCUT2D eigenvalue weighted by Gasteiger charge is -2.32. The van der Waals surface area contributed by atoms with Crippen molar-refractivity contribution >= 4 is 29.0 Å². The highest BCUT2D eigenvalue weighted by Crippen LogP contribution is 2.26. The molecule has 30 heavy (non-hydrogen) atoms. The van der Waals surface area contributed by atoms with Gasteiger partial charge in [-0.2, -0.15) is 0 Å². The zero-order chi connectivity index (χ0) is 21.1. The Labute approximate surface area is 182 Å².